The van der Waals surface area contributed by atoms with E-state index in [1.807, 2.05) is 59.2 Å². The molecule has 3 rings (SSSR count). The number of para-hydroxylation sites is 2. The van der Waals surface area contributed by atoms with Gasteiger partial charge < -0.3 is 9.88 Å². The van der Waals surface area contributed by atoms with Crippen molar-refractivity contribution in [3.8, 4) is 0 Å². The van der Waals surface area contributed by atoms with E-state index in [1.54, 1.807) is 6.92 Å². The van der Waals surface area contributed by atoms with E-state index in [4.69, 9.17) is 0 Å². The number of nitrogens with one attached hydrogen (secondary N) is 1. The maximum Gasteiger partial charge on any atom is 0.246 e. The van der Waals surface area contributed by atoms with Crippen LogP contribution in [0.5, 0.6) is 0 Å². The molecule has 0 saturated heterocycles. The third kappa shape index (κ3) is 3.88. The topological polar surface area (TPSA) is 64.0 Å². The van der Waals surface area contributed by atoms with E-state index in [9.17, 15) is 9.59 Å². The van der Waals surface area contributed by atoms with E-state index >= 15 is 0 Å². The Morgan fingerprint density at radius 2 is 1.77 bits per heavy atom. The molecule has 1 aromatic heterocycles. The molecule has 132 valence electrons. The Morgan fingerprint density at radius 1 is 1.08 bits per heavy atom. The number of nitrogens with zero attached hydrogens (tertiary/aromatic N) is 2. The first kappa shape index (κ1) is 17.6. The van der Waals surface area contributed by atoms with Crippen LogP contribution in [0.4, 0.5) is 0 Å². The van der Waals surface area contributed by atoms with Gasteiger partial charge in [-0.05, 0) is 19.1 Å². The van der Waals surface area contributed by atoms with Crippen molar-refractivity contribution in [1.29, 1.82) is 0 Å². The predicted octanol–water partition coefficient (Wildman–Crippen LogP) is 3.15. The third-order valence-electron chi connectivity index (χ3n) is 4.15. The Morgan fingerprint density at radius 3 is 2.50 bits per heavy atom. The average Bonchev–Trinajstić information content (AvgIpc) is 3.00. The number of amides is 1. The molecular weight excluding hydrogens is 326 g/mol. The lowest BCUT2D eigenvalue weighted by molar-refractivity contribution is -0.117. The van der Waals surface area contributed by atoms with Gasteiger partial charge in [-0.2, -0.15) is 0 Å². The van der Waals surface area contributed by atoms with Crippen LogP contribution < -0.4 is 5.32 Å². The van der Waals surface area contributed by atoms with Crippen molar-refractivity contribution in [1.82, 2.24) is 14.9 Å². The van der Waals surface area contributed by atoms with Crippen LogP contribution in [-0.2, 0) is 17.8 Å². The van der Waals surface area contributed by atoms with Gasteiger partial charge in [0.05, 0.1) is 17.6 Å². The lowest BCUT2D eigenvalue weighted by Crippen LogP contribution is -2.27. The molecule has 0 saturated carbocycles. The van der Waals surface area contributed by atoms with Crippen LogP contribution in [0.3, 0.4) is 0 Å². The number of benzene rings is 2. The number of fused-ring (bicyclic) bond motifs is 1. The molecule has 26 heavy (non-hydrogen) atoms. The van der Waals surface area contributed by atoms with Gasteiger partial charge in [-0.3, -0.25) is 9.59 Å². The summed E-state index contributed by atoms with van der Waals surface area (Å²) in [6, 6.07) is 17.0. The first-order valence-corrected chi connectivity index (χ1v) is 8.52. The molecule has 0 unspecified atom stereocenters. The van der Waals surface area contributed by atoms with E-state index in [1.165, 1.54) is 0 Å². The number of carbonyl (C=O) groups is 2. The highest BCUT2D eigenvalue weighted by atomic mass is 16.1. The molecule has 0 aliphatic rings. The minimum absolute atomic E-state index is 0.0287. The van der Waals surface area contributed by atoms with Gasteiger partial charge >= 0.3 is 0 Å². The summed E-state index contributed by atoms with van der Waals surface area (Å²) >= 11 is 0. The van der Waals surface area contributed by atoms with Crippen molar-refractivity contribution >= 4 is 22.7 Å². The molecule has 0 fully saturated rings. The van der Waals surface area contributed by atoms with Gasteiger partial charge in [-0.25, -0.2) is 4.98 Å². The summed E-state index contributed by atoms with van der Waals surface area (Å²) in [5.74, 6) is 0.631. The summed E-state index contributed by atoms with van der Waals surface area (Å²) in [5, 5.41) is 2.81. The highest BCUT2D eigenvalue weighted by molar-refractivity contribution is 5.96. The molecule has 0 aliphatic carbocycles. The molecule has 1 heterocycles. The lowest BCUT2D eigenvalue weighted by atomic mass is 10.1. The van der Waals surface area contributed by atoms with Crippen molar-refractivity contribution in [3.05, 3.63) is 78.1 Å². The number of aromatic nitrogens is 2. The molecule has 2 aromatic carbocycles. The van der Waals surface area contributed by atoms with Crippen molar-refractivity contribution in [2.24, 2.45) is 0 Å². The number of rotatable bonds is 7. The van der Waals surface area contributed by atoms with Crippen LogP contribution in [0.2, 0.25) is 0 Å². The fourth-order valence-corrected chi connectivity index (χ4v) is 2.79. The summed E-state index contributed by atoms with van der Waals surface area (Å²) in [6.07, 6.45) is 0.537. The molecule has 0 bridgehead atoms. The molecule has 0 atom stereocenters. The lowest BCUT2D eigenvalue weighted by Gasteiger charge is -2.09. The van der Waals surface area contributed by atoms with Crippen LogP contribution in [0.25, 0.3) is 11.0 Å². The van der Waals surface area contributed by atoms with E-state index < -0.39 is 0 Å². The highest BCUT2D eigenvalue weighted by Gasteiger charge is 2.15. The van der Waals surface area contributed by atoms with E-state index in [0.717, 1.165) is 16.9 Å². The van der Waals surface area contributed by atoms with Crippen molar-refractivity contribution in [3.63, 3.8) is 0 Å². The van der Waals surface area contributed by atoms with Gasteiger partial charge in [0.15, 0.2) is 5.78 Å². The molecule has 0 spiro atoms. The molecule has 1 amide bonds. The fraction of sp³-hybridized carbons (Fsp3) is 0.190. The first-order valence-electron chi connectivity index (χ1n) is 8.52. The molecule has 5 heteroatoms. The Bertz CT molecular complexity index is 958. The Hall–Kier alpha value is -3.21. The van der Waals surface area contributed by atoms with Crippen LogP contribution in [0.15, 0.2) is 66.7 Å². The van der Waals surface area contributed by atoms with Crippen molar-refractivity contribution in [2.75, 3.05) is 6.54 Å². The molecule has 5 nitrogen and oxygen atoms in total. The number of hydrogen-bond acceptors (Lipinski definition) is 3. The van der Waals surface area contributed by atoms with Gasteiger partial charge in [-0.1, -0.05) is 49.0 Å². The minimum atomic E-state index is -0.173. The van der Waals surface area contributed by atoms with Gasteiger partial charge in [0.25, 0.3) is 0 Å². The summed E-state index contributed by atoms with van der Waals surface area (Å²) < 4.78 is 1.93. The summed E-state index contributed by atoms with van der Waals surface area (Å²) in [7, 11) is 0. The van der Waals surface area contributed by atoms with Crippen LogP contribution in [-0.4, -0.2) is 27.8 Å². The zero-order chi connectivity index (χ0) is 18.5. The molecular formula is C21H21N3O2. The SMILES string of the molecule is C=C(C)C(=O)NCCc1nc2ccccc2n1CC(=O)c1ccccc1. The number of hydrogen-bond donors (Lipinski definition) is 1. The summed E-state index contributed by atoms with van der Waals surface area (Å²) in [4.78, 5) is 28.9. The van der Waals surface area contributed by atoms with Crippen LogP contribution in [0, 0.1) is 0 Å². The predicted molar refractivity (Wildman–Crippen MR) is 102 cm³/mol. The smallest absolute Gasteiger partial charge is 0.246 e. The Balaban J connectivity index is 1.84. The highest BCUT2D eigenvalue weighted by Crippen LogP contribution is 2.17. The second kappa shape index (κ2) is 7.78. The van der Waals surface area contributed by atoms with Gasteiger partial charge in [0.1, 0.15) is 5.82 Å². The third-order valence-corrected chi connectivity index (χ3v) is 4.15. The first-order chi connectivity index (χ1) is 12.6. The standard InChI is InChI=1S/C21H21N3O2/c1-15(2)21(26)22-13-12-20-23-17-10-6-7-11-18(17)24(20)14-19(25)16-8-4-3-5-9-16/h3-11H,1,12-14H2,2H3,(H,22,26). The fourth-order valence-electron chi connectivity index (χ4n) is 2.79. The maximum absolute atomic E-state index is 12.6. The summed E-state index contributed by atoms with van der Waals surface area (Å²) in [6.45, 7) is 5.95. The summed E-state index contributed by atoms with van der Waals surface area (Å²) in [5.41, 5.74) is 2.90. The van der Waals surface area contributed by atoms with Crippen LogP contribution >= 0.6 is 0 Å². The van der Waals surface area contributed by atoms with E-state index in [2.05, 4.69) is 16.9 Å². The zero-order valence-corrected chi connectivity index (χ0v) is 14.7. The number of carbonyl (C=O) groups excluding carboxylic acids is 2. The number of Topliss-reactive ketones (excluding diaryl/α,β-unsaturated/α-hetero) is 1. The van der Waals surface area contributed by atoms with E-state index in [0.29, 0.717) is 24.1 Å². The molecule has 0 aliphatic heterocycles. The minimum Gasteiger partial charge on any atom is -0.352 e. The Labute approximate surface area is 152 Å². The second-order valence-electron chi connectivity index (χ2n) is 6.18. The monoisotopic (exact) mass is 347 g/mol. The van der Waals surface area contributed by atoms with Gasteiger partial charge in [0, 0.05) is 24.1 Å². The molecule has 3 aromatic rings. The van der Waals surface area contributed by atoms with Crippen LogP contribution in [0.1, 0.15) is 23.1 Å². The molecule has 1 N–H and O–H groups in total. The van der Waals surface area contributed by atoms with E-state index in [-0.39, 0.29) is 18.2 Å². The average molecular weight is 347 g/mol. The molecule has 0 radical (unpaired) electrons. The van der Waals surface area contributed by atoms with Gasteiger partial charge in [0.2, 0.25) is 5.91 Å². The van der Waals surface area contributed by atoms with Crippen molar-refractivity contribution in [2.45, 2.75) is 19.9 Å². The van der Waals surface area contributed by atoms with Crippen molar-refractivity contribution < 1.29 is 9.59 Å². The normalized spacial score (nSPS) is 10.7. The largest absolute Gasteiger partial charge is 0.352 e. The number of imidazole rings is 1. The number of ketones is 1. The maximum atomic E-state index is 12.6. The zero-order valence-electron chi connectivity index (χ0n) is 14.7. The Kier molecular flexibility index (Phi) is 5.27. The quantitative estimate of drug-likeness (QED) is 0.527. The van der Waals surface area contributed by atoms with Gasteiger partial charge in [-0.15, -0.1) is 0 Å². The second-order valence-corrected chi connectivity index (χ2v) is 6.18.